The first-order valence-corrected chi connectivity index (χ1v) is 5.65. The highest BCUT2D eigenvalue weighted by Crippen LogP contribution is 2.26. The maximum atomic E-state index is 10.3. The molecule has 4 nitrogen and oxygen atoms in total. The zero-order valence-electron chi connectivity index (χ0n) is 10.2. The topological polar surface area (TPSA) is 66.8 Å². The van der Waals surface area contributed by atoms with Gasteiger partial charge in [-0.3, -0.25) is 4.79 Å². The van der Waals surface area contributed by atoms with Crippen LogP contribution in [-0.4, -0.2) is 22.8 Å². The molecule has 0 bridgehead atoms. The number of aromatic hydroxyl groups is 1. The lowest BCUT2D eigenvalue weighted by molar-refractivity contribution is -0.137. The highest BCUT2D eigenvalue weighted by atomic mass is 16.5. The highest BCUT2D eigenvalue weighted by Gasteiger charge is 2.04. The molecule has 1 aromatic rings. The Morgan fingerprint density at radius 1 is 1.24 bits per heavy atom. The highest BCUT2D eigenvalue weighted by molar-refractivity contribution is 5.66. The second-order valence-corrected chi connectivity index (χ2v) is 4.10. The molecule has 0 aromatic heterocycles. The molecule has 0 aliphatic carbocycles. The van der Waals surface area contributed by atoms with Gasteiger partial charge in [0, 0.05) is 6.42 Å². The van der Waals surface area contributed by atoms with Crippen molar-refractivity contribution < 1.29 is 19.7 Å². The number of carbonyl (C=O) groups is 1. The number of carboxylic acid groups (broad SMARTS) is 1. The number of ether oxygens (including phenoxy) is 1. The number of benzene rings is 1. The largest absolute Gasteiger partial charge is 0.508 e. The molecule has 1 aromatic carbocycles. The van der Waals surface area contributed by atoms with Gasteiger partial charge in [-0.25, -0.2) is 0 Å². The van der Waals surface area contributed by atoms with Crippen LogP contribution in [0.3, 0.4) is 0 Å². The summed E-state index contributed by atoms with van der Waals surface area (Å²) in [6.45, 7) is 4.18. The average molecular weight is 238 g/mol. The van der Waals surface area contributed by atoms with Crippen LogP contribution in [0.25, 0.3) is 0 Å². The van der Waals surface area contributed by atoms with Gasteiger partial charge in [0.05, 0.1) is 6.61 Å². The van der Waals surface area contributed by atoms with Gasteiger partial charge in [-0.1, -0.05) is 0 Å². The van der Waals surface area contributed by atoms with Gasteiger partial charge in [-0.2, -0.15) is 0 Å². The minimum absolute atomic E-state index is 0.178. The van der Waals surface area contributed by atoms with Crippen molar-refractivity contribution in [2.75, 3.05) is 6.61 Å². The molecule has 2 N–H and O–H groups in total. The Morgan fingerprint density at radius 2 is 1.94 bits per heavy atom. The molecule has 1 rings (SSSR count). The molecule has 0 aliphatic heterocycles. The molecule has 17 heavy (non-hydrogen) atoms. The first-order valence-electron chi connectivity index (χ1n) is 5.65. The van der Waals surface area contributed by atoms with Crippen molar-refractivity contribution in [1.82, 2.24) is 0 Å². The number of carboxylic acids is 1. The molecule has 0 aliphatic rings. The lowest BCUT2D eigenvalue weighted by Crippen LogP contribution is -2.01. The number of phenolic OH excluding ortho intramolecular Hbond substituents is 1. The Bertz CT molecular complexity index is 399. The van der Waals surface area contributed by atoms with Crippen LogP contribution in [-0.2, 0) is 4.79 Å². The third kappa shape index (κ3) is 4.34. The zero-order valence-corrected chi connectivity index (χ0v) is 10.2. The monoisotopic (exact) mass is 238 g/mol. The van der Waals surface area contributed by atoms with E-state index in [1.54, 1.807) is 12.1 Å². The molecule has 0 saturated heterocycles. The Morgan fingerprint density at radius 3 is 2.59 bits per heavy atom. The van der Waals surface area contributed by atoms with Gasteiger partial charge in [-0.05, 0) is 49.9 Å². The van der Waals surface area contributed by atoms with Crippen LogP contribution < -0.4 is 4.74 Å². The Labute approximate surface area is 101 Å². The van der Waals surface area contributed by atoms with Gasteiger partial charge >= 0.3 is 5.97 Å². The minimum Gasteiger partial charge on any atom is -0.508 e. The first-order chi connectivity index (χ1) is 8.00. The smallest absolute Gasteiger partial charge is 0.303 e. The maximum absolute atomic E-state index is 10.3. The van der Waals surface area contributed by atoms with Gasteiger partial charge < -0.3 is 14.9 Å². The number of phenols is 1. The first kappa shape index (κ1) is 13.4. The molecule has 0 unspecified atom stereocenters. The summed E-state index contributed by atoms with van der Waals surface area (Å²) in [5, 5.41) is 17.9. The summed E-state index contributed by atoms with van der Waals surface area (Å²) < 4.78 is 5.55. The fourth-order valence-corrected chi connectivity index (χ4v) is 1.49. The average Bonchev–Trinajstić information content (AvgIpc) is 2.24. The summed E-state index contributed by atoms with van der Waals surface area (Å²) in [5.74, 6) is 0.234. The van der Waals surface area contributed by atoms with E-state index in [1.165, 1.54) is 0 Å². The van der Waals surface area contributed by atoms with Crippen molar-refractivity contribution in [2.24, 2.45) is 0 Å². The Kier molecular flexibility index (Phi) is 4.82. The SMILES string of the molecule is Cc1cc(OCCCCC(=O)O)c(C)cc1O. The van der Waals surface area contributed by atoms with Crippen LogP contribution >= 0.6 is 0 Å². The fourth-order valence-electron chi connectivity index (χ4n) is 1.49. The lowest BCUT2D eigenvalue weighted by Gasteiger charge is -2.10. The molecule has 94 valence electrons. The number of unbranched alkanes of at least 4 members (excludes halogenated alkanes) is 1. The molecule has 4 heteroatoms. The standard InChI is InChI=1S/C13H18O4/c1-9-8-12(10(2)7-11(9)14)17-6-4-3-5-13(15)16/h7-8,14H,3-6H2,1-2H3,(H,15,16). The van der Waals surface area contributed by atoms with Gasteiger partial charge in [-0.15, -0.1) is 0 Å². The molecule has 0 amide bonds. The number of aliphatic carboxylic acids is 1. The number of hydrogen-bond acceptors (Lipinski definition) is 3. The number of aryl methyl sites for hydroxylation is 2. The third-order valence-electron chi connectivity index (χ3n) is 2.54. The van der Waals surface area contributed by atoms with Crippen molar-refractivity contribution in [2.45, 2.75) is 33.1 Å². The van der Waals surface area contributed by atoms with E-state index < -0.39 is 5.97 Å². The molecule has 0 heterocycles. The van der Waals surface area contributed by atoms with Crippen LogP contribution in [0.1, 0.15) is 30.4 Å². The molecule has 0 radical (unpaired) electrons. The molecular formula is C13H18O4. The van der Waals surface area contributed by atoms with Crippen molar-refractivity contribution >= 4 is 5.97 Å². The predicted molar refractivity (Wildman–Crippen MR) is 64.6 cm³/mol. The number of hydrogen-bond donors (Lipinski definition) is 2. The van der Waals surface area contributed by atoms with Crippen molar-refractivity contribution in [3.63, 3.8) is 0 Å². The summed E-state index contributed by atoms with van der Waals surface area (Å²) in [6, 6.07) is 3.46. The molecule has 0 fully saturated rings. The molecule has 0 spiro atoms. The summed E-state index contributed by atoms with van der Waals surface area (Å²) in [5.41, 5.74) is 1.66. The van der Waals surface area contributed by atoms with E-state index in [0.29, 0.717) is 19.4 Å². The van der Waals surface area contributed by atoms with Crippen molar-refractivity contribution in [3.8, 4) is 11.5 Å². The maximum Gasteiger partial charge on any atom is 0.303 e. The predicted octanol–water partition coefficient (Wildman–Crippen LogP) is 2.64. The molecule has 0 atom stereocenters. The molecular weight excluding hydrogens is 220 g/mol. The van der Waals surface area contributed by atoms with E-state index in [0.717, 1.165) is 16.9 Å². The van der Waals surface area contributed by atoms with Gasteiger partial charge in [0.25, 0.3) is 0 Å². The van der Waals surface area contributed by atoms with E-state index in [9.17, 15) is 9.90 Å². The second kappa shape index (κ2) is 6.13. The zero-order chi connectivity index (χ0) is 12.8. The quantitative estimate of drug-likeness (QED) is 0.748. The Hall–Kier alpha value is -1.71. The van der Waals surface area contributed by atoms with E-state index in [2.05, 4.69) is 0 Å². The van der Waals surface area contributed by atoms with Crippen LogP contribution in [0.15, 0.2) is 12.1 Å². The van der Waals surface area contributed by atoms with Gasteiger partial charge in [0.1, 0.15) is 11.5 Å². The summed E-state index contributed by atoms with van der Waals surface area (Å²) in [4.78, 5) is 10.3. The van der Waals surface area contributed by atoms with Crippen LogP contribution in [0.4, 0.5) is 0 Å². The lowest BCUT2D eigenvalue weighted by atomic mass is 10.1. The van der Waals surface area contributed by atoms with Crippen molar-refractivity contribution in [3.05, 3.63) is 23.3 Å². The summed E-state index contributed by atoms with van der Waals surface area (Å²) in [7, 11) is 0. The molecule has 0 saturated carbocycles. The van der Waals surface area contributed by atoms with E-state index >= 15 is 0 Å². The Balaban J connectivity index is 2.41. The minimum atomic E-state index is -0.776. The van der Waals surface area contributed by atoms with Crippen LogP contribution in [0.2, 0.25) is 0 Å². The van der Waals surface area contributed by atoms with Crippen LogP contribution in [0.5, 0.6) is 11.5 Å². The summed E-state index contributed by atoms with van der Waals surface area (Å²) >= 11 is 0. The van der Waals surface area contributed by atoms with Gasteiger partial charge in [0.15, 0.2) is 0 Å². The second-order valence-electron chi connectivity index (χ2n) is 4.10. The van der Waals surface area contributed by atoms with E-state index in [1.807, 2.05) is 13.8 Å². The summed E-state index contributed by atoms with van der Waals surface area (Å²) in [6.07, 6.45) is 1.51. The normalized spacial score (nSPS) is 10.2. The fraction of sp³-hybridized carbons (Fsp3) is 0.462. The van der Waals surface area contributed by atoms with Crippen molar-refractivity contribution in [1.29, 1.82) is 0 Å². The van der Waals surface area contributed by atoms with E-state index in [4.69, 9.17) is 9.84 Å². The number of rotatable bonds is 6. The van der Waals surface area contributed by atoms with Gasteiger partial charge in [0.2, 0.25) is 0 Å². The third-order valence-corrected chi connectivity index (χ3v) is 2.54. The van der Waals surface area contributed by atoms with E-state index in [-0.39, 0.29) is 12.2 Å². The van der Waals surface area contributed by atoms with Crippen LogP contribution in [0, 0.1) is 13.8 Å².